The summed E-state index contributed by atoms with van der Waals surface area (Å²) in [6.45, 7) is 0. The monoisotopic (exact) mass is 267 g/mol. The Kier molecular flexibility index (Phi) is 3.57. The molecule has 0 saturated carbocycles. The Balaban J connectivity index is 2.19. The van der Waals surface area contributed by atoms with Gasteiger partial charge in [-0.1, -0.05) is 23.8 Å². The SMILES string of the molecule is O=C(Nc1nc(Cl)ccc1[N+](=O)[O-])C1CC=CC1. The van der Waals surface area contributed by atoms with Crippen molar-refractivity contribution in [1.82, 2.24) is 4.98 Å². The van der Waals surface area contributed by atoms with Crippen molar-refractivity contribution in [2.45, 2.75) is 12.8 Å². The highest BCUT2D eigenvalue weighted by Crippen LogP contribution is 2.26. The maximum Gasteiger partial charge on any atom is 0.311 e. The van der Waals surface area contributed by atoms with Crippen molar-refractivity contribution in [1.29, 1.82) is 0 Å². The standard InChI is InChI=1S/C11H10ClN3O3/c12-9-6-5-8(15(17)18)10(13-9)14-11(16)7-3-1-2-4-7/h1-2,5-7H,3-4H2,(H,13,14,16). The van der Waals surface area contributed by atoms with Crippen LogP contribution in [0.3, 0.4) is 0 Å². The highest BCUT2D eigenvalue weighted by Gasteiger charge is 2.23. The van der Waals surface area contributed by atoms with Crippen molar-refractivity contribution in [2.24, 2.45) is 5.92 Å². The number of allylic oxidation sites excluding steroid dienone is 2. The van der Waals surface area contributed by atoms with Gasteiger partial charge in [0.25, 0.3) is 0 Å². The van der Waals surface area contributed by atoms with Gasteiger partial charge in [0.1, 0.15) is 5.15 Å². The van der Waals surface area contributed by atoms with E-state index in [1.165, 1.54) is 12.1 Å². The van der Waals surface area contributed by atoms with E-state index in [1.807, 2.05) is 12.2 Å². The second-order valence-electron chi connectivity index (χ2n) is 3.89. The molecule has 2 rings (SSSR count). The van der Waals surface area contributed by atoms with Crippen molar-refractivity contribution in [3.05, 3.63) is 39.6 Å². The third-order valence-electron chi connectivity index (χ3n) is 2.66. The zero-order valence-corrected chi connectivity index (χ0v) is 10.1. The fraction of sp³-hybridized carbons (Fsp3) is 0.273. The zero-order chi connectivity index (χ0) is 13.1. The molecule has 18 heavy (non-hydrogen) atoms. The molecule has 6 nitrogen and oxygen atoms in total. The number of pyridine rings is 1. The van der Waals surface area contributed by atoms with Gasteiger partial charge in [-0.25, -0.2) is 4.98 Å². The fourth-order valence-electron chi connectivity index (χ4n) is 1.72. The van der Waals surface area contributed by atoms with Crippen LogP contribution < -0.4 is 5.32 Å². The van der Waals surface area contributed by atoms with Crippen LogP contribution in [-0.2, 0) is 4.79 Å². The molecule has 94 valence electrons. The van der Waals surface area contributed by atoms with E-state index in [2.05, 4.69) is 10.3 Å². The number of hydrogen-bond donors (Lipinski definition) is 1. The Hall–Kier alpha value is -1.95. The number of carbonyl (C=O) groups excluding carboxylic acids is 1. The minimum absolute atomic E-state index is 0.0976. The van der Waals surface area contributed by atoms with Crippen LogP contribution in [0.2, 0.25) is 5.15 Å². The van der Waals surface area contributed by atoms with E-state index in [-0.39, 0.29) is 28.5 Å². The molecular formula is C11H10ClN3O3. The minimum Gasteiger partial charge on any atom is -0.305 e. The molecule has 0 radical (unpaired) electrons. The summed E-state index contributed by atoms with van der Waals surface area (Å²) in [6.07, 6.45) is 5.09. The van der Waals surface area contributed by atoms with Gasteiger partial charge in [-0.2, -0.15) is 0 Å². The van der Waals surface area contributed by atoms with Gasteiger partial charge < -0.3 is 5.32 Å². The molecule has 0 spiro atoms. The van der Waals surface area contributed by atoms with Crippen molar-refractivity contribution >= 4 is 29.0 Å². The van der Waals surface area contributed by atoms with E-state index in [0.29, 0.717) is 12.8 Å². The van der Waals surface area contributed by atoms with Gasteiger partial charge >= 0.3 is 5.69 Å². The lowest BCUT2D eigenvalue weighted by Gasteiger charge is -2.09. The number of carbonyl (C=O) groups is 1. The van der Waals surface area contributed by atoms with Crippen molar-refractivity contribution in [3.8, 4) is 0 Å². The summed E-state index contributed by atoms with van der Waals surface area (Å²) in [6, 6.07) is 2.53. The summed E-state index contributed by atoms with van der Waals surface area (Å²) in [4.78, 5) is 25.8. The van der Waals surface area contributed by atoms with E-state index in [0.717, 1.165) is 0 Å². The molecule has 1 aromatic rings. The number of amides is 1. The summed E-state index contributed by atoms with van der Waals surface area (Å²) < 4.78 is 0. The van der Waals surface area contributed by atoms with E-state index in [1.54, 1.807) is 0 Å². The number of anilines is 1. The molecule has 1 aromatic heterocycles. The number of nitrogens with one attached hydrogen (secondary N) is 1. The molecule has 1 N–H and O–H groups in total. The number of nitro groups is 1. The van der Waals surface area contributed by atoms with Crippen molar-refractivity contribution in [3.63, 3.8) is 0 Å². The number of aromatic nitrogens is 1. The third kappa shape index (κ3) is 2.65. The van der Waals surface area contributed by atoms with Crippen LogP contribution in [-0.4, -0.2) is 15.8 Å². The predicted octanol–water partition coefficient (Wildman–Crippen LogP) is 2.55. The lowest BCUT2D eigenvalue weighted by atomic mass is 10.1. The predicted molar refractivity (Wildman–Crippen MR) is 66.4 cm³/mol. The molecule has 7 heteroatoms. The van der Waals surface area contributed by atoms with Crippen LogP contribution in [0.5, 0.6) is 0 Å². The third-order valence-corrected chi connectivity index (χ3v) is 2.87. The van der Waals surface area contributed by atoms with E-state index < -0.39 is 4.92 Å². The number of nitrogens with zero attached hydrogens (tertiary/aromatic N) is 2. The Bertz CT molecular complexity index is 522. The molecule has 0 bridgehead atoms. The maximum atomic E-state index is 11.8. The van der Waals surface area contributed by atoms with Crippen LogP contribution in [0, 0.1) is 16.0 Å². The summed E-state index contributed by atoms with van der Waals surface area (Å²) in [5, 5.41) is 13.4. The van der Waals surface area contributed by atoms with Gasteiger partial charge in [0.05, 0.1) is 4.92 Å². The largest absolute Gasteiger partial charge is 0.311 e. The summed E-state index contributed by atoms with van der Waals surface area (Å²) in [7, 11) is 0. The summed E-state index contributed by atoms with van der Waals surface area (Å²) >= 11 is 5.67. The molecule has 0 fully saturated rings. The van der Waals surface area contributed by atoms with Gasteiger partial charge in [-0.05, 0) is 18.9 Å². The van der Waals surface area contributed by atoms with E-state index >= 15 is 0 Å². The van der Waals surface area contributed by atoms with Crippen LogP contribution >= 0.6 is 11.6 Å². The van der Waals surface area contributed by atoms with E-state index in [9.17, 15) is 14.9 Å². The lowest BCUT2D eigenvalue weighted by molar-refractivity contribution is -0.384. The molecular weight excluding hydrogens is 258 g/mol. The van der Waals surface area contributed by atoms with Crippen molar-refractivity contribution < 1.29 is 9.72 Å². The molecule has 1 aliphatic rings. The smallest absolute Gasteiger partial charge is 0.305 e. The number of rotatable bonds is 3. The summed E-state index contributed by atoms with van der Waals surface area (Å²) in [5.41, 5.74) is -0.265. The summed E-state index contributed by atoms with van der Waals surface area (Å²) in [5.74, 6) is -0.576. The topological polar surface area (TPSA) is 85.1 Å². The van der Waals surface area contributed by atoms with Crippen LogP contribution in [0.4, 0.5) is 11.5 Å². The van der Waals surface area contributed by atoms with Gasteiger partial charge in [0.15, 0.2) is 0 Å². The highest BCUT2D eigenvalue weighted by molar-refractivity contribution is 6.29. The Labute approximate surface area is 108 Å². The lowest BCUT2D eigenvalue weighted by Crippen LogP contribution is -2.21. The first-order valence-corrected chi connectivity index (χ1v) is 5.72. The second kappa shape index (κ2) is 5.14. The Morgan fingerprint density at radius 1 is 1.44 bits per heavy atom. The molecule has 0 aromatic carbocycles. The molecule has 0 saturated heterocycles. The Morgan fingerprint density at radius 3 is 2.72 bits per heavy atom. The van der Waals surface area contributed by atoms with E-state index in [4.69, 9.17) is 11.6 Å². The maximum absolute atomic E-state index is 11.8. The molecule has 1 heterocycles. The molecule has 0 atom stereocenters. The first kappa shape index (κ1) is 12.5. The number of hydrogen-bond acceptors (Lipinski definition) is 4. The Morgan fingerprint density at radius 2 is 2.11 bits per heavy atom. The molecule has 0 aliphatic heterocycles. The van der Waals surface area contributed by atoms with Crippen LogP contribution in [0.15, 0.2) is 24.3 Å². The second-order valence-corrected chi connectivity index (χ2v) is 4.28. The van der Waals surface area contributed by atoms with Gasteiger partial charge in [-0.3, -0.25) is 14.9 Å². The molecule has 1 aliphatic carbocycles. The average molecular weight is 268 g/mol. The normalized spacial score (nSPS) is 14.7. The van der Waals surface area contributed by atoms with Crippen LogP contribution in [0.25, 0.3) is 0 Å². The number of halogens is 1. The average Bonchev–Trinajstić information content (AvgIpc) is 2.81. The van der Waals surface area contributed by atoms with Gasteiger partial charge in [0, 0.05) is 12.0 Å². The van der Waals surface area contributed by atoms with Crippen molar-refractivity contribution in [2.75, 3.05) is 5.32 Å². The highest BCUT2D eigenvalue weighted by atomic mass is 35.5. The zero-order valence-electron chi connectivity index (χ0n) is 9.30. The minimum atomic E-state index is -0.605. The van der Waals surface area contributed by atoms with Crippen LogP contribution in [0.1, 0.15) is 12.8 Å². The van der Waals surface area contributed by atoms with Gasteiger partial charge in [0.2, 0.25) is 11.7 Å². The fourth-order valence-corrected chi connectivity index (χ4v) is 1.86. The molecule has 1 amide bonds. The van der Waals surface area contributed by atoms with Gasteiger partial charge in [-0.15, -0.1) is 0 Å². The molecule has 0 unspecified atom stereocenters. The first-order valence-electron chi connectivity index (χ1n) is 5.34. The quantitative estimate of drug-likeness (QED) is 0.395. The first-order chi connectivity index (χ1) is 8.58.